The standard InChI is InChI=1S/C14H18N4/c1-14(2)13-12(5-8-17-14)16-10-18(13)9-11-3-6-15-7-4-11/h3-4,6-7,10,17H,5,8-9H2,1-2H3. The van der Waals surface area contributed by atoms with E-state index in [4.69, 9.17) is 0 Å². The molecule has 0 fully saturated rings. The van der Waals surface area contributed by atoms with E-state index in [-0.39, 0.29) is 5.54 Å². The Bertz CT molecular complexity index is 542. The first-order chi connectivity index (χ1) is 8.67. The van der Waals surface area contributed by atoms with Gasteiger partial charge in [0.25, 0.3) is 0 Å². The van der Waals surface area contributed by atoms with Crippen LogP contribution in [0.25, 0.3) is 0 Å². The van der Waals surface area contributed by atoms with Crippen molar-refractivity contribution in [2.75, 3.05) is 6.54 Å². The van der Waals surface area contributed by atoms with E-state index in [0.29, 0.717) is 0 Å². The lowest BCUT2D eigenvalue weighted by molar-refractivity contribution is 0.357. The van der Waals surface area contributed by atoms with Crippen molar-refractivity contribution >= 4 is 0 Å². The number of nitrogens with one attached hydrogen (secondary N) is 1. The van der Waals surface area contributed by atoms with Crippen LogP contribution in [0.15, 0.2) is 30.9 Å². The van der Waals surface area contributed by atoms with Gasteiger partial charge in [0.15, 0.2) is 0 Å². The summed E-state index contributed by atoms with van der Waals surface area (Å²) in [6.45, 7) is 6.30. The maximum absolute atomic E-state index is 4.56. The van der Waals surface area contributed by atoms with Crippen molar-refractivity contribution in [3.8, 4) is 0 Å². The largest absolute Gasteiger partial charge is 0.328 e. The number of hydrogen-bond donors (Lipinski definition) is 1. The maximum Gasteiger partial charge on any atom is 0.0955 e. The number of aromatic nitrogens is 3. The molecule has 0 unspecified atom stereocenters. The van der Waals surface area contributed by atoms with Gasteiger partial charge in [-0.25, -0.2) is 4.98 Å². The molecule has 0 amide bonds. The molecular weight excluding hydrogens is 224 g/mol. The zero-order valence-electron chi connectivity index (χ0n) is 10.8. The van der Waals surface area contributed by atoms with Crippen LogP contribution in [0.2, 0.25) is 0 Å². The second-order valence-electron chi connectivity index (χ2n) is 5.33. The van der Waals surface area contributed by atoms with Gasteiger partial charge in [0.05, 0.1) is 23.3 Å². The topological polar surface area (TPSA) is 42.7 Å². The lowest BCUT2D eigenvalue weighted by Crippen LogP contribution is -2.44. The molecule has 3 rings (SSSR count). The van der Waals surface area contributed by atoms with Crippen LogP contribution >= 0.6 is 0 Å². The molecule has 2 aromatic heterocycles. The molecule has 0 spiro atoms. The molecule has 0 aliphatic carbocycles. The SMILES string of the molecule is CC1(C)NCCc2ncn(Cc3ccncc3)c21. The van der Waals surface area contributed by atoms with E-state index < -0.39 is 0 Å². The molecule has 1 aliphatic rings. The minimum Gasteiger partial charge on any atom is -0.328 e. The maximum atomic E-state index is 4.56. The smallest absolute Gasteiger partial charge is 0.0955 e. The molecule has 1 aliphatic heterocycles. The van der Waals surface area contributed by atoms with E-state index in [1.165, 1.54) is 17.0 Å². The molecule has 4 heteroatoms. The quantitative estimate of drug-likeness (QED) is 0.871. The number of nitrogens with zero attached hydrogens (tertiary/aromatic N) is 3. The Labute approximate surface area is 107 Å². The fourth-order valence-corrected chi connectivity index (χ4v) is 2.71. The van der Waals surface area contributed by atoms with Crippen LogP contribution in [0.1, 0.15) is 30.8 Å². The second-order valence-corrected chi connectivity index (χ2v) is 5.33. The van der Waals surface area contributed by atoms with Crippen molar-refractivity contribution < 1.29 is 0 Å². The van der Waals surface area contributed by atoms with Gasteiger partial charge in [-0.2, -0.15) is 0 Å². The fourth-order valence-electron chi connectivity index (χ4n) is 2.71. The highest BCUT2D eigenvalue weighted by atomic mass is 15.1. The van der Waals surface area contributed by atoms with Crippen LogP contribution in [0.3, 0.4) is 0 Å². The lowest BCUT2D eigenvalue weighted by Gasteiger charge is -2.32. The van der Waals surface area contributed by atoms with Crippen LogP contribution in [0.4, 0.5) is 0 Å². The number of imidazole rings is 1. The lowest BCUT2D eigenvalue weighted by atomic mass is 9.93. The Hall–Kier alpha value is -1.68. The predicted molar refractivity (Wildman–Crippen MR) is 70.3 cm³/mol. The normalized spacial score (nSPS) is 17.4. The van der Waals surface area contributed by atoms with Gasteiger partial charge in [-0.1, -0.05) is 0 Å². The highest BCUT2D eigenvalue weighted by Crippen LogP contribution is 2.27. The molecule has 18 heavy (non-hydrogen) atoms. The number of rotatable bonds is 2. The van der Waals surface area contributed by atoms with Crippen LogP contribution in [-0.2, 0) is 18.5 Å². The van der Waals surface area contributed by atoms with Gasteiger partial charge in [0, 0.05) is 31.9 Å². The summed E-state index contributed by atoms with van der Waals surface area (Å²) in [5.41, 5.74) is 3.79. The Morgan fingerprint density at radius 2 is 2.11 bits per heavy atom. The minimum atomic E-state index is -0.00286. The van der Waals surface area contributed by atoms with Crippen LogP contribution in [-0.4, -0.2) is 21.1 Å². The molecule has 0 saturated carbocycles. The first-order valence-corrected chi connectivity index (χ1v) is 6.35. The number of fused-ring (bicyclic) bond motifs is 1. The summed E-state index contributed by atoms with van der Waals surface area (Å²) in [5.74, 6) is 0. The van der Waals surface area contributed by atoms with Gasteiger partial charge in [-0.3, -0.25) is 4.98 Å². The molecule has 4 nitrogen and oxygen atoms in total. The van der Waals surface area contributed by atoms with Crippen LogP contribution in [0.5, 0.6) is 0 Å². The Balaban J connectivity index is 1.97. The zero-order chi connectivity index (χ0) is 12.6. The van der Waals surface area contributed by atoms with Crippen molar-refractivity contribution in [1.82, 2.24) is 19.9 Å². The minimum absolute atomic E-state index is 0.00286. The van der Waals surface area contributed by atoms with Gasteiger partial charge in [0.1, 0.15) is 0 Å². The van der Waals surface area contributed by atoms with Crippen molar-refractivity contribution in [1.29, 1.82) is 0 Å². The van der Waals surface area contributed by atoms with Gasteiger partial charge < -0.3 is 9.88 Å². The summed E-state index contributed by atoms with van der Waals surface area (Å²) in [6.07, 6.45) is 6.65. The van der Waals surface area contributed by atoms with Gasteiger partial charge in [-0.15, -0.1) is 0 Å². The molecule has 3 heterocycles. The van der Waals surface area contributed by atoms with Crippen molar-refractivity contribution in [3.63, 3.8) is 0 Å². The first-order valence-electron chi connectivity index (χ1n) is 6.35. The van der Waals surface area contributed by atoms with Crippen molar-refractivity contribution in [2.45, 2.75) is 32.4 Å². The highest BCUT2D eigenvalue weighted by Gasteiger charge is 2.31. The van der Waals surface area contributed by atoms with E-state index in [0.717, 1.165) is 19.5 Å². The summed E-state index contributed by atoms with van der Waals surface area (Å²) in [7, 11) is 0. The summed E-state index contributed by atoms with van der Waals surface area (Å²) in [5, 5.41) is 3.55. The third-order valence-corrected chi connectivity index (χ3v) is 3.54. The molecule has 0 atom stereocenters. The van der Waals surface area contributed by atoms with E-state index in [1.54, 1.807) is 0 Å². The third-order valence-electron chi connectivity index (χ3n) is 3.54. The Kier molecular flexibility index (Phi) is 2.67. The molecular formula is C14H18N4. The monoisotopic (exact) mass is 242 g/mol. The average Bonchev–Trinajstić information content (AvgIpc) is 2.75. The second kappa shape index (κ2) is 4.21. The fraction of sp³-hybridized carbons (Fsp3) is 0.429. The molecule has 0 radical (unpaired) electrons. The predicted octanol–water partition coefficient (Wildman–Crippen LogP) is 1.71. The number of hydrogen-bond acceptors (Lipinski definition) is 3. The zero-order valence-corrected chi connectivity index (χ0v) is 10.8. The first kappa shape index (κ1) is 11.4. The summed E-state index contributed by atoms with van der Waals surface area (Å²) in [4.78, 5) is 8.61. The van der Waals surface area contributed by atoms with E-state index in [9.17, 15) is 0 Å². The molecule has 94 valence electrons. The summed E-state index contributed by atoms with van der Waals surface area (Å²) >= 11 is 0. The van der Waals surface area contributed by atoms with E-state index in [1.807, 2.05) is 18.7 Å². The van der Waals surface area contributed by atoms with Crippen LogP contribution < -0.4 is 5.32 Å². The summed E-state index contributed by atoms with van der Waals surface area (Å²) in [6, 6.07) is 4.10. The van der Waals surface area contributed by atoms with Gasteiger partial charge in [-0.05, 0) is 31.5 Å². The van der Waals surface area contributed by atoms with E-state index >= 15 is 0 Å². The summed E-state index contributed by atoms with van der Waals surface area (Å²) < 4.78 is 2.25. The molecule has 1 N–H and O–H groups in total. The molecule has 0 bridgehead atoms. The average molecular weight is 242 g/mol. The van der Waals surface area contributed by atoms with E-state index in [2.05, 4.69) is 45.8 Å². The highest BCUT2D eigenvalue weighted by molar-refractivity contribution is 5.26. The van der Waals surface area contributed by atoms with Crippen molar-refractivity contribution in [3.05, 3.63) is 47.8 Å². The van der Waals surface area contributed by atoms with Gasteiger partial charge >= 0.3 is 0 Å². The Morgan fingerprint density at radius 1 is 1.33 bits per heavy atom. The number of pyridine rings is 1. The molecule has 0 saturated heterocycles. The Morgan fingerprint density at radius 3 is 2.89 bits per heavy atom. The molecule has 0 aromatic carbocycles. The van der Waals surface area contributed by atoms with Crippen molar-refractivity contribution in [2.24, 2.45) is 0 Å². The molecule has 2 aromatic rings. The third kappa shape index (κ3) is 1.93. The van der Waals surface area contributed by atoms with Crippen LogP contribution in [0, 0.1) is 0 Å². The van der Waals surface area contributed by atoms with Gasteiger partial charge in [0.2, 0.25) is 0 Å².